The highest BCUT2D eigenvalue weighted by molar-refractivity contribution is 6.18. The fourth-order valence-corrected chi connectivity index (χ4v) is 4.85. The van der Waals surface area contributed by atoms with Crippen molar-refractivity contribution in [3.63, 3.8) is 0 Å². The molecule has 0 fully saturated rings. The summed E-state index contributed by atoms with van der Waals surface area (Å²) in [4.78, 5) is 4.85. The summed E-state index contributed by atoms with van der Waals surface area (Å²) >= 11 is 11.7. The van der Waals surface area contributed by atoms with Gasteiger partial charge in [0.25, 0.3) is 0 Å². The number of hydrogen-bond donors (Lipinski definition) is 0. The Morgan fingerprint density at radius 3 is 1.25 bits per heavy atom. The fourth-order valence-electron chi connectivity index (χ4n) is 4.47. The van der Waals surface area contributed by atoms with Crippen LogP contribution < -0.4 is 0 Å². The molecule has 2 nitrogen and oxygen atoms in total. The van der Waals surface area contributed by atoms with Crippen molar-refractivity contribution in [2.24, 2.45) is 0 Å². The Bertz CT molecular complexity index is 1090. The van der Waals surface area contributed by atoms with Crippen molar-refractivity contribution in [1.82, 2.24) is 9.80 Å². The first-order valence-corrected chi connectivity index (χ1v) is 15.6. The lowest BCUT2D eigenvalue weighted by Gasteiger charge is -2.19. The Labute approximate surface area is 252 Å². The number of halogens is 2. The van der Waals surface area contributed by atoms with E-state index in [0.29, 0.717) is 0 Å². The minimum atomic E-state index is 0.736. The number of unbranched alkanes of at least 4 members (excludes halogenated alkanes) is 4. The Morgan fingerprint density at radius 1 is 0.475 bits per heavy atom. The van der Waals surface area contributed by atoms with Gasteiger partial charge in [0.1, 0.15) is 0 Å². The van der Waals surface area contributed by atoms with E-state index in [4.69, 9.17) is 23.2 Å². The molecule has 0 aromatic heterocycles. The Balaban J connectivity index is 1.54. The van der Waals surface area contributed by atoms with Crippen molar-refractivity contribution in [1.29, 1.82) is 0 Å². The lowest BCUT2D eigenvalue weighted by atomic mass is 10.1. The molecule has 0 radical (unpaired) electrons. The van der Waals surface area contributed by atoms with Crippen LogP contribution in [0.4, 0.5) is 0 Å². The van der Waals surface area contributed by atoms with Crippen molar-refractivity contribution in [3.05, 3.63) is 107 Å². The van der Waals surface area contributed by atoms with E-state index in [1.54, 1.807) is 0 Å². The van der Waals surface area contributed by atoms with E-state index >= 15 is 0 Å². The molecule has 0 aliphatic rings. The third-order valence-electron chi connectivity index (χ3n) is 6.67. The molecule has 0 heterocycles. The molecule has 210 valence electrons. The van der Waals surface area contributed by atoms with Crippen molar-refractivity contribution in [2.45, 2.75) is 51.6 Å². The summed E-state index contributed by atoms with van der Waals surface area (Å²) in [6, 6.07) is 29.6. The lowest BCUT2D eigenvalue weighted by molar-refractivity contribution is 0.291. The molecule has 3 rings (SSSR count). The van der Waals surface area contributed by atoms with Gasteiger partial charge in [-0.05, 0) is 74.2 Å². The van der Waals surface area contributed by atoms with Gasteiger partial charge in [0.05, 0.1) is 13.1 Å². The molecule has 40 heavy (non-hydrogen) atoms. The molecule has 0 aliphatic carbocycles. The van der Waals surface area contributed by atoms with Gasteiger partial charge in [0.2, 0.25) is 0 Å². The molecular weight excluding hydrogens is 531 g/mol. The minimum absolute atomic E-state index is 0.736. The molecule has 0 amide bonds. The average molecular weight is 574 g/mol. The fraction of sp³-hybridized carbons (Fsp3) is 0.389. The second kappa shape index (κ2) is 20.2. The largest absolute Gasteiger partial charge is 0.288 e. The van der Waals surface area contributed by atoms with Crippen LogP contribution in [0.25, 0.3) is 0 Å². The van der Waals surface area contributed by atoms with Gasteiger partial charge >= 0.3 is 0 Å². The number of alkyl halides is 2. The van der Waals surface area contributed by atoms with Crippen molar-refractivity contribution in [2.75, 3.05) is 37.9 Å². The predicted octanol–water partition coefficient (Wildman–Crippen LogP) is 8.21. The zero-order valence-corrected chi connectivity index (χ0v) is 25.1. The lowest BCUT2D eigenvalue weighted by Crippen LogP contribution is -2.25. The minimum Gasteiger partial charge on any atom is -0.288 e. The number of nitrogens with zero attached hydrogens (tertiary/aromatic N) is 2. The average Bonchev–Trinajstić information content (AvgIpc) is 2.99. The molecule has 0 aliphatic heterocycles. The van der Waals surface area contributed by atoms with Crippen LogP contribution in [0.5, 0.6) is 0 Å². The molecule has 0 spiro atoms. The van der Waals surface area contributed by atoms with Crippen LogP contribution in [0.1, 0.15) is 60.8 Å². The zero-order valence-electron chi connectivity index (χ0n) is 23.6. The standard InChI is InChI=1S/C36H42Cl2N2/c37-25-9-3-11-27-39(31-35-15-5-1-6-16-35)29-13-19-33-21-23-34(24-22-33)20-14-30-40(28-12-4-10-26-38)32-36-17-7-2-8-18-36/h1-2,5-8,15-18,21-24H,3-4,9-12,25-32H2. The Hall–Kier alpha value is -2.72. The molecule has 3 aromatic rings. The molecule has 0 N–H and O–H groups in total. The summed E-state index contributed by atoms with van der Waals surface area (Å²) in [5.74, 6) is 14.9. The van der Waals surface area contributed by atoms with E-state index < -0.39 is 0 Å². The smallest absolute Gasteiger partial charge is 0.0608 e. The third kappa shape index (κ3) is 13.6. The summed E-state index contributed by atoms with van der Waals surface area (Å²) in [5.41, 5.74) is 4.69. The summed E-state index contributed by atoms with van der Waals surface area (Å²) in [7, 11) is 0. The summed E-state index contributed by atoms with van der Waals surface area (Å²) in [6.45, 7) is 5.39. The molecule has 4 heteroatoms. The van der Waals surface area contributed by atoms with E-state index in [1.165, 1.54) is 11.1 Å². The predicted molar refractivity (Wildman–Crippen MR) is 173 cm³/mol. The molecule has 0 saturated heterocycles. The first-order chi connectivity index (χ1) is 19.8. The summed E-state index contributed by atoms with van der Waals surface area (Å²) in [5, 5.41) is 0. The maximum absolute atomic E-state index is 5.86. The molecule has 0 atom stereocenters. The van der Waals surface area contributed by atoms with Crippen LogP contribution in [0, 0.1) is 23.7 Å². The summed E-state index contributed by atoms with van der Waals surface area (Å²) in [6.07, 6.45) is 6.74. The van der Waals surface area contributed by atoms with Gasteiger partial charge in [-0.1, -0.05) is 97.2 Å². The Morgan fingerprint density at radius 2 is 0.875 bits per heavy atom. The van der Waals surface area contributed by atoms with Gasteiger partial charge in [-0.15, -0.1) is 23.2 Å². The maximum atomic E-state index is 5.86. The second-order valence-corrected chi connectivity index (χ2v) is 10.8. The van der Waals surface area contributed by atoms with Crippen molar-refractivity contribution < 1.29 is 0 Å². The molecule has 0 saturated carbocycles. The highest BCUT2D eigenvalue weighted by Crippen LogP contribution is 2.09. The van der Waals surface area contributed by atoms with Crippen LogP contribution in [-0.4, -0.2) is 47.7 Å². The molecule has 3 aromatic carbocycles. The van der Waals surface area contributed by atoms with Gasteiger partial charge in [0, 0.05) is 36.0 Å². The van der Waals surface area contributed by atoms with Gasteiger partial charge < -0.3 is 0 Å². The first kappa shape index (κ1) is 31.8. The number of rotatable bonds is 16. The molecule has 0 unspecified atom stereocenters. The summed E-state index contributed by atoms with van der Waals surface area (Å²) < 4.78 is 0. The second-order valence-electron chi connectivity index (χ2n) is 10.1. The topological polar surface area (TPSA) is 6.48 Å². The highest BCUT2D eigenvalue weighted by Gasteiger charge is 2.06. The van der Waals surface area contributed by atoms with Crippen LogP contribution in [0.15, 0.2) is 84.9 Å². The van der Waals surface area contributed by atoms with E-state index in [0.717, 1.165) is 101 Å². The van der Waals surface area contributed by atoms with Crippen LogP contribution in [0.2, 0.25) is 0 Å². The van der Waals surface area contributed by atoms with Crippen LogP contribution in [0.3, 0.4) is 0 Å². The number of benzene rings is 3. The molecular formula is C36H42Cl2N2. The van der Waals surface area contributed by atoms with Gasteiger partial charge in [0.15, 0.2) is 0 Å². The van der Waals surface area contributed by atoms with Crippen molar-refractivity contribution >= 4 is 23.2 Å². The highest BCUT2D eigenvalue weighted by atomic mass is 35.5. The molecule has 0 bridgehead atoms. The van der Waals surface area contributed by atoms with E-state index in [9.17, 15) is 0 Å². The van der Waals surface area contributed by atoms with Crippen molar-refractivity contribution in [3.8, 4) is 23.7 Å². The van der Waals surface area contributed by atoms with Crippen LogP contribution >= 0.6 is 23.2 Å². The SMILES string of the molecule is ClCCCCCN(CC#Cc1ccc(C#CCN(CCCCCCl)Cc2ccccc2)cc1)Cc1ccccc1. The number of hydrogen-bond acceptors (Lipinski definition) is 2. The quantitative estimate of drug-likeness (QED) is 0.0968. The van der Waals surface area contributed by atoms with E-state index in [2.05, 4.69) is 118 Å². The van der Waals surface area contributed by atoms with Gasteiger partial charge in [-0.3, -0.25) is 9.80 Å². The maximum Gasteiger partial charge on any atom is 0.0608 e. The van der Waals surface area contributed by atoms with E-state index in [1.807, 2.05) is 0 Å². The van der Waals surface area contributed by atoms with Gasteiger partial charge in [-0.2, -0.15) is 0 Å². The monoisotopic (exact) mass is 572 g/mol. The normalized spacial score (nSPS) is 10.7. The first-order valence-electron chi connectivity index (χ1n) is 14.5. The Kier molecular flexibility index (Phi) is 16.1. The van der Waals surface area contributed by atoms with E-state index in [-0.39, 0.29) is 0 Å². The van der Waals surface area contributed by atoms with Crippen LogP contribution in [-0.2, 0) is 13.1 Å². The zero-order chi connectivity index (χ0) is 28.1. The van der Waals surface area contributed by atoms with Gasteiger partial charge in [-0.25, -0.2) is 0 Å². The third-order valence-corrected chi connectivity index (χ3v) is 7.20.